The van der Waals surface area contributed by atoms with E-state index in [-0.39, 0.29) is 23.8 Å². The number of nitrogens with one attached hydrogen (secondary N) is 1. The number of carbonyl (C=O) groups is 1. The van der Waals surface area contributed by atoms with Crippen LogP contribution in [0, 0.1) is 17.2 Å². The number of benzene rings is 1. The number of aromatic nitrogens is 2. The Hall–Kier alpha value is -3.34. The third kappa shape index (κ3) is 4.40. The average Bonchev–Trinajstić information content (AvgIpc) is 2.75. The van der Waals surface area contributed by atoms with E-state index >= 15 is 0 Å². The summed E-state index contributed by atoms with van der Waals surface area (Å²) in [6.07, 6.45) is 2.89. The van der Waals surface area contributed by atoms with Crippen LogP contribution in [0.2, 0.25) is 0 Å². The van der Waals surface area contributed by atoms with Gasteiger partial charge in [0.2, 0.25) is 5.91 Å². The van der Waals surface area contributed by atoms with Gasteiger partial charge in [0.1, 0.15) is 11.9 Å². The Balaban J connectivity index is 1.60. The number of carbonyl (C=O) groups excluding carboxylic acids is 1. The number of nitriles is 1. The summed E-state index contributed by atoms with van der Waals surface area (Å²) in [6.45, 7) is 1.29. The van der Waals surface area contributed by atoms with Crippen LogP contribution in [0.1, 0.15) is 24.0 Å². The summed E-state index contributed by atoms with van der Waals surface area (Å²) in [6, 6.07) is 12.2. The molecule has 8 heteroatoms. The summed E-state index contributed by atoms with van der Waals surface area (Å²) < 4.78 is 2.06. The van der Waals surface area contributed by atoms with E-state index in [0.29, 0.717) is 19.0 Å². The predicted molar refractivity (Wildman–Crippen MR) is 110 cm³/mol. The van der Waals surface area contributed by atoms with Crippen molar-refractivity contribution in [2.45, 2.75) is 19.3 Å². The molecular formula is C21H25N5O3. The topological polar surface area (TPSA) is 100 Å². The Morgan fingerprint density at radius 1 is 1.14 bits per heavy atom. The number of hydrogen-bond acceptors (Lipinski definition) is 5. The molecule has 3 rings (SSSR count). The van der Waals surface area contributed by atoms with Crippen molar-refractivity contribution in [2.75, 3.05) is 25.0 Å². The maximum atomic E-state index is 12.6. The Kier molecular flexibility index (Phi) is 6.17. The fraction of sp³-hybridized carbons (Fsp3) is 0.429. The second-order valence-electron chi connectivity index (χ2n) is 7.41. The van der Waals surface area contributed by atoms with Gasteiger partial charge in [0.15, 0.2) is 5.56 Å². The molecule has 0 spiro atoms. The third-order valence-electron chi connectivity index (χ3n) is 5.52. The molecule has 8 nitrogen and oxygen atoms in total. The highest BCUT2D eigenvalue weighted by molar-refractivity contribution is 5.81. The largest absolute Gasteiger partial charge is 0.361 e. The molecule has 1 fully saturated rings. The van der Waals surface area contributed by atoms with Crippen molar-refractivity contribution in [2.24, 2.45) is 20.0 Å². The van der Waals surface area contributed by atoms with Crippen molar-refractivity contribution in [3.8, 4) is 6.07 Å². The molecule has 152 valence electrons. The lowest BCUT2D eigenvalue weighted by atomic mass is 9.90. The fourth-order valence-electron chi connectivity index (χ4n) is 3.76. The van der Waals surface area contributed by atoms with Crippen LogP contribution in [-0.2, 0) is 25.3 Å². The molecule has 0 atom stereocenters. The number of rotatable bonds is 5. The molecule has 1 aromatic heterocycles. The van der Waals surface area contributed by atoms with Gasteiger partial charge >= 0.3 is 5.69 Å². The van der Waals surface area contributed by atoms with Gasteiger partial charge in [0, 0.05) is 27.2 Å². The second kappa shape index (κ2) is 8.78. The summed E-state index contributed by atoms with van der Waals surface area (Å²) in [5, 5.41) is 12.1. The van der Waals surface area contributed by atoms with Crippen LogP contribution >= 0.6 is 0 Å². The van der Waals surface area contributed by atoms with Crippen molar-refractivity contribution >= 4 is 11.7 Å². The first kappa shape index (κ1) is 20.4. The van der Waals surface area contributed by atoms with Crippen LogP contribution in [0.25, 0.3) is 0 Å². The van der Waals surface area contributed by atoms with Crippen LogP contribution in [0.5, 0.6) is 0 Å². The molecule has 1 N–H and O–H groups in total. The van der Waals surface area contributed by atoms with Crippen LogP contribution in [0.4, 0.5) is 5.82 Å². The molecule has 0 bridgehead atoms. The van der Waals surface area contributed by atoms with E-state index in [1.54, 1.807) is 4.90 Å². The second-order valence-corrected chi connectivity index (χ2v) is 7.41. The van der Waals surface area contributed by atoms with Gasteiger partial charge in [-0.1, -0.05) is 30.3 Å². The van der Waals surface area contributed by atoms with Crippen LogP contribution in [0.15, 0.2) is 39.9 Å². The first-order chi connectivity index (χ1) is 13.9. The third-order valence-corrected chi connectivity index (χ3v) is 5.52. The van der Waals surface area contributed by atoms with E-state index in [2.05, 4.69) is 17.4 Å². The number of likely N-dealkylation sites (tertiary alicyclic amines) is 1. The van der Waals surface area contributed by atoms with E-state index in [0.717, 1.165) is 23.8 Å². The number of hydrogen-bond donors (Lipinski definition) is 1. The van der Waals surface area contributed by atoms with Gasteiger partial charge in [0.25, 0.3) is 5.56 Å². The van der Waals surface area contributed by atoms with Crippen molar-refractivity contribution < 1.29 is 4.79 Å². The monoisotopic (exact) mass is 395 g/mol. The molecule has 1 saturated heterocycles. The zero-order valence-corrected chi connectivity index (χ0v) is 16.7. The molecule has 2 aromatic rings. The molecule has 1 aromatic carbocycles. The zero-order valence-electron chi connectivity index (χ0n) is 16.7. The Morgan fingerprint density at radius 2 is 1.79 bits per heavy atom. The van der Waals surface area contributed by atoms with E-state index in [9.17, 15) is 19.6 Å². The fourth-order valence-corrected chi connectivity index (χ4v) is 3.76. The molecule has 0 saturated carbocycles. The summed E-state index contributed by atoms with van der Waals surface area (Å²) in [5.74, 6) is 0.519. The highest BCUT2D eigenvalue weighted by Crippen LogP contribution is 2.21. The van der Waals surface area contributed by atoms with E-state index in [1.165, 1.54) is 24.2 Å². The molecular weight excluding hydrogens is 370 g/mol. The summed E-state index contributed by atoms with van der Waals surface area (Å²) in [4.78, 5) is 38.6. The maximum Gasteiger partial charge on any atom is 0.332 e. The molecule has 2 heterocycles. The minimum Gasteiger partial charge on any atom is -0.361 e. The molecule has 1 amide bonds. The maximum absolute atomic E-state index is 12.6. The Labute approximate surface area is 169 Å². The lowest BCUT2D eigenvalue weighted by Crippen LogP contribution is -2.43. The lowest BCUT2D eigenvalue weighted by molar-refractivity contribution is -0.130. The van der Waals surface area contributed by atoms with Crippen molar-refractivity contribution in [3.05, 3.63) is 62.3 Å². The molecule has 0 unspecified atom stereocenters. The SMILES string of the molecule is Cn1c(NCC(=O)N2CCC(Cc3ccccc3)CC2)c(C#N)c(=O)n(C)c1=O. The Bertz CT molecular complexity index is 1040. The van der Waals surface area contributed by atoms with E-state index < -0.39 is 11.2 Å². The number of amides is 1. The van der Waals surface area contributed by atoms with Gasteiger partial charge < -0.3 is 10.2 Å². The summed E-state index contributed by atoms with van der Waals surface area (Å²) in [7, 11) is 2.78. The molecule has 29 heavy (non-hydrogen) atoms. The Morgan fingerprint density at radius 3 is 2.41 bits per heavy atom. The predicted octanol–water partition coefficient (Wildman–Crippen LogP) is 0.849. The van der Waals surface area contributed by atoms with Gasteiger partial charge in [-0.3, -0.25) is 18.7 Å². The van der Waals surface area contributed by atoms with Crippen molar-refractivity contribution in [3.63, 3.8) is 0 Å². The first-order valence-electron chi connectivity index (χ1n) is 9.68. The lowest BCUT2D eigenvalue weighted by Gasteiger charge is -2.32. The van der Waals surface area contributed by atoms with Crippen molar-refractivity contribution in [1.29, 1.82) is 5.26 Å². The molecule has 1 aliphatic rings. The highest BCUT2D eigenvalue weighted by atomic mass is 16.2. The normalized spacial score (nSPS) is 14.4. The summed E-state index contributed by atoms with van der Waals surface area (Å²) in [5.41, 5.74) is -0.0866. The van der Waals surface area contributed by atoms with Crippen LogP contribution in [0.3, 0.4) is 0 Å². The number of piperidine rings is 1. The van der Waals surface area contributed by atoms with Crippen LogP contribution < -0.4 is 16.6 Å². The van der Waals surface area contributed by atoms with Crippen molar-refractivity contribution in [1.82, 2.24) is 14.0 Å². The van der Waals surface area contributed by atoms with Crippen LogP contribution in [-0.4, -0.2) is 39.6 Å². The van der Waals surface area contributed by atoms with E-state index in [4.69, 9.17) is 0 Å². The first-order valence-corrected chi connectivity index (χ1v) is 9.68. The molecule has 1 aliphatic heterocycles. The van der Waals surface area contributed by atoms with E-state index in [1.807, 2.05) is 24.3 Å². The highest BCUT2D eigenvalue weighted by Gasteiger charge is 2.23. The number of nitrogens with zero attached hydrogens (tertiary/aromatic N) is 4. The van der Waals surface area contributed by atoms with Gasteiger partial charge in [-0.15, -0.1) is 0 Å². The minimum absolute atomic E-state index is 0.0710. The number of anilines is 1. The van der Waals surface area contributed by atoms with Gasteiger partial charge in [-0.25, -0.2) is 4.79 Å². The smallest absolute Gasteiger partial charge is 0.332 e. The molecule has 0 aliphatic carbocycles. The van der Waals surface area contributed by atoms with Gasteiger partial charge in [-0.2, -0.15) is 5.26 Å². The molecule has 0 radical (unpaired) electrons. The quantitative estimate of drug-likeness (QED) is 0.809. The summed E-state index contributed by atoms with van der Waals surface area (Å²) >= 11 is 0. The zero-order chi connectivity index (χ0) is 21.0. The minimum atomic E-state index is -0.674. The average molecular weight is 395 g/mol. The standard InChI is InChI=1S/C21H25N5O3/c1-24-19(17(13-22)20(28)25(2)21(24)29)23-14-18(27)26-10-8-16(9-11-26)12-15-6-4-3-5-7-15/h3-7,16,23H,8-12,14H2,1-2H3. The van der Waals surface area contributed by atoms with Gasteiger partial charge in [0.05, 0.1) is 6.54 Å². The van der Waals surface area contributed by atoms with Gasteiger partial charge in [-0.05, 0) is 30.7 Å².